The molecule has 0 aliphatic carbocycles. The van der Waals surface area contributed by atoms with Crippen LogP contribution in [0.1, 0.15) is 24.5 Å². The lowest BCUT2D eigenvalue weighted by molar-refractivity contribution is -0.136. The van der Waals surface area contributed by atoms with E-state index in [1.165, 1.54) is 0 Å². The molecule has 6 nitrogen and oxygen atoms in total. The molecular formula is C22H27N3O3. The fourth-order valence-electron chi connectivity index (χ4n) is 2.67. The smallest absolute Gasteiger partial charge is 0.252 e. The Kier molecular flexibility index (Phi) is 8.72. The van der Waals surface area contributed by atoms with E-state index in [0.29, 0.717) is 25.9 Å². The van der Waals surface area contributed by atoms with Gasteiger partial charge in [-0.05, 0) is 24.0 Å². The van der Waals surface area contributed by atoms with Gasteiger partial charge in [-0.3, -0.25) is 14.4 Å². The highest BCUT2D eigenvalue weighted by atomic mass is 16.2. The van der Waals surface area contributed by atoms with E-state index >= 15 is 0 Å². The van der Waals surface area contributed by atoms with Crippen LogP contribution in [0.4, 0.5) is 0 Å². The molecule has 28 heavy (non-hydrogen) atoms. The number of hydrogen-bond donors (Lipinski definition) is 3. The summed E-state index contributed by atoms with van der Waals surface area (Å²) in [6, 6.07) is 18.2. The highest BCUT2D eigenvalue weighted by Crippen LogP contribution is 2.00. The SMILES string of the molecule is CCC(=O)NC(C(=O)NCCc1ccccc1)C(=O)NCCc1ccccc1. The van der Waals surface area contributed by atoms with Crippen LogP contribution in [0.2, 0.25) is 0 Å². The molecular weight excluding hydrogens is 354 g/mol. The largest absolute Gasteiger partial charge is 0.354 e. The summed E-state index contributed by atoms with van der Waals surface area (Å²) in [5, 5.41) is 7.97. The summed E-state index contributed by atoms with van der Waals surface area (Å²) in [4.78, 5) is 36.7. The molecule has 148 valence electrons. The summed E-state index contributed by atoms with van der Waals surface area (Å²) in [5.41, 5.74) is 2.17. The maximum absolute atomic E-state index is 12.5. The van der Waals surface area contributed by atoms with Crippen molar-refractivity contribution >= 4 is 17.7 Å². The topological polar surface area (TPSA) is 87.3 Å². The molecule has 3 amide bonds. The van der Waals surface area contributed by atoms with E-state index in [0.717, 1.165) is 11.1 Å². The molecule has 0 heterocycles. The maximum Gasteiger partial charge on any atom is 0.252 e. The molecule has 0 radical (unpaired) electrons. The third kappa shape index (κ3) is 7.23. The lowest BCUT2D eigenvalue weighted by Crippen LogP contribution is -2.55. The first-order valence-electron chi connectivity index (χ1n) is 9.52. The molecule has 0 saturated heterocycles. The van der Waals surface area contributed by atoms with Crippen LogP contribution in [0.5, 0.6) is 0 Å². The lowest BCUT2D eigenvalue weighted by atomic mass is 10.1. The second-order valence-electron chi connectivity index (χ2n) is 6.41. The van der Waals surface area contributed by atoms with Crippen LogP contribution in [0.25, 0.3) is 0 Å². The average Bonchev–Trinajstić information content (AvgIpc) is 2.73. The standard InChI is InChI=1S/C22H27N3O3/c1-2-19(26)25-20(21(27)23-15-13-17-9-5-3-6-10-17)22(28)24-16-14-18-11-7-4-8-12-18/h3-12,20H,2,13-16H2,1H3,(H,23,27)(H,24,28)(H,25,26). The Bertz CT molecular complexity index is 706. The van der Waals surface area contributed by atoms with Gasteiger partial charge in [0, 0.05) is 19.5 Å². The third-order valence-corrected chi connectivity index (χ3v) is 4.26. The molecule has 0 atom stereocenters. The van der Waals surface area contributed by atoms with E-state index < -0.39 is 17.9 Å². The molecule has 0 aromatic heterocycles. The Labute approximate surface area is 165 Å². The van der Waals surface area contributed by atoms with E-state index in [-0.39, 0.29) is 12.3 Å². The molecule has 3 N–H and O–H groups in total. The van der Waals surface area contributed by atoms with E-state index in [1.807, 2.05) is 60.7 Å². The number of carbonyl (C=O) groups excluding carboxylic acids is 3. The molecule has 0 bridgehead atoms. The fourth-order valence-corrected chi connectivity index (χ4v) is 2.67. The van der Waals surface area contributed by atoms with Gasteiger partial charge in [-0.25, -0.2) is 0 Å². The maximum atomic E-state index is 12.5. The Balaban J connectivity index is 1.86. The van der Waals surface area contributed by atoms with Crippen molar-refractivity contribution in [1.29, 1.82) is 0 Å². The number of amides is 3. The minimum atomic E-state index is -1.24. The van der Waals surface area contributed by atoms with Crippen LogP contribution in [-0.4, -0.2) is 36.9 Å². The predicted molar refractivity (Wildman–Crippen MR) is 109 cm³/mol. The second-order valence-corrected chi connectivity index (χ2v) is 6.41. The van der Waals surface area contributed by atoms with Crippen LogP contribution in [0, 0.1) is 0 Å². The molecule has 0 spiro atoms. The molecule has 0 saturated carbocycles. The van der Waals surface area contributed by atoms with Crippen molar-refractivity contribution in [3.05, 3.63) is 71.8 Å². The van der Waals surface area contributed by atoms with Crippen molar-refractivity contribution in [3.8, 4) is 0 Å². The molecule has 0 aliphatic rings. The van der Waals surface area contributed by atoms with Gasteiger partial charge in [0.25, 0.3) is 11.8 Å². The number of nitrogens with one attached hydrogen (secondary N) is 3. The minimum absolute atomic E-state index is 0.199. The van der Waals surface area contributed by atoms with Crippen molar-refractivity contribution in [2.45, 2.75) is 32.2 Å². The van der Waals surface area contributed by atoms with E-state index in [1.54, 1.807) is 6.92 Å². The van der Waals surface area contributed by atoms with Crippen LogP contribution >= 0.6 is 0 Å². The normalized spacial score (nSPS) is 10.4. The van der Waals surface area contributed by atoms with Gasteiger partial charge in [0.05, 0.1) is 0 Å². The van der Waals surface area contributed by atoms with E-state index in [4.69, 9.17) is 0 Å². The zero-order chi connectivity index (χ0) is 20.2. The van der Waals surface area contributed by atoms with Crippen molar-refractivity contribution in [3.63, 3.8) is 0 Å². The Morgan fingerprint density at radius 3 is 1.57 bits per heavy atom. The number of rotatable bonds is 10. The van der Waals surface area contributed by atoms with Gasteiger partial charge in [-0.2, -0.15) is 0 Å². The molecule has 6 heteroatoms. The van der Waals surface area contributed by atoms with Gasteiger partial charge in [-0.15, -0.1) is 0 Å². The first-order chi connectivity index (χ1) is 13.6. The zero-order valence-corrected chi connectivity index (χ0v) is 16.1. The highest BCUT2D eigenvalue weighted by Gasteiger charge is 2.27. The van der Waals surface area contributed by atoms with Gasteiger partial charge in [0.2, 0.25) is 5.91 Å². The quantitative estimate of drug-likeness (QED) is 0.546. The molecule has 2 rings (SSSR count). The fraction of sp³-hybridized carbons (Fsp3) is 0.318. The number of benzene rings is 2. The Hall–Kier alpha value is -3.15. The summed E-state index contributed by atoms with van der Waals surface area (Å²) in [6.45, 7) is 2.45. The number of hydrogen-bond acceptors (Lipinski definition) is 3. The van der Waals surface area contributed by atoms with Gasteiger partial charge < -0.3 is 16.0 Å². The van der Waals surface area contributed by atoms with Crippen molar-refractivity contribution < 1.29 is 14.4 Å². The van der Waals surface area contributed by atoms with Crippen molar-refractivity contribution in [2.24, 2.45) is 0 Å². The zero-order valence-electron chi connectivity index (χ0n) is 16.1. The molecule has 0 fully saturated rings. The summed E-state index contributed by atoms with van der Waals surface area (Å²) in [6.07, 6.45) is 1.50. The van der Waals surface area contributed by atoms with Gasteiger partial charge >= 0.3 is 0 Å². The van der Waals surface area contributed by atoms with Crippen LogP contribution in [0.15, 0.2) is 60.7 Å². The van der Waals surface area contributed by atoms with Gasteiger partial charge in [0.1, 0.15) is 0 Å². The Morgan fingerprint density at radius 1 is 0.750 bits per heavy atom. The number of carbonyl (C=O) groups is 3. The molecule has 2 aromatic rings. The van der Waals surface area contributed by atoms with Gasteiger partial charge in [0.15, 0.2) is 6.04 Å². The summed E-state index contributed by atoms with van der Waals surface area (Å²) in [5.74, 6) is -1.36. The lowest BCUT2D eigenvalue weighted by Gasteiger charge is -2.18. The Morgan fingerprint density at radius 2 is 1.18 bits per heavy atom. The molecule has 2 aromatic carbocycles. The van der Waals surface area contributed by atoms with E-state index in [9.17, 15) is 14.4 Å². The summed E-state index contributed by atoms with van der Waals surface area (Å²) in [7, 11) is 0. The molecule has 0 aliphatic heterocycles. The second kappa shape index (κ2) is 11.5. The van der Waals surface area contributed by atoms with Crippen molar-refractivity contribution in [1.82, 2.24) is 16.0 Å². The summed E-state index contributed by atoms with van der Waals surface area (Å²) >= 11 is 0. The van der Waals surface area contributed by atoms with E-state index in [2.05, 4.69) is 16.0 Å². The monoisotopic (exact) mass is 381 g/mol. The van der Waals surface area contributed by atoms with Crippen LogP contribution in [0.3, 0.4) is 0 Å². The molecule has 0 unspecified atom stereocenters. The van der Waals surface area contributed by atoms with Crippen LogP contribution in [-0.2, 0) is 27.2 Å². The first kappa shape index (κ1) is 21.2. The predicted octanol–water partition coefficient (Wildman–Crippen LogP) is 1.60. The minimum Gasteiger partial charge on any atom is -0.354 e. The average molecular weight is 381 g/mol. The van der Waals surface area contributed by atoms with Crippen molar-refractivity contribution in [2.75, 3.05) is 13.1 Å². The van der Waals surface area contributed by atoms with Crippen LogP contribution < -0.4 is 16.0 Å². The van der Waals surface area contributed by atoms with Gasteiger partial charge in [-0.1, -0.05) is 67.6 Å². The first-order valence-corrected chi connectivity index (χ1v) is 9.52. The summed E-state index contributed by atoms with van der Waals surface area (Å²) < 4.78 is 0. The highest BCUT2D eigenvalue weighted by molar-refractivity contribution is 6.06. The third-order valence-electron chi connectivity index (χ3n) is 4.26.